The molecule has 0 aliphatic rings. The molecule has 3 rings (SSSR count). The van der Waals surface area contributed by atoms with Crippen LogP contribution in [0, 0.1) is 0 Å². The van der Waals surface area contributed by atoms with Crippen molar-refractivity contribution in [3.05, 3.63) is 88.4 Å². The lowest BCUT2D eigenvalue weighted by molar-refractivity contribution is -0.116. The Balaban J connectivity index is 1.88. The second kappa shape index (κ2) is 10.2. The molecular weight excluding hydrogens is 459 g/mol. The fourth-order valence-electron chi connectivity index (χ4n) is 2.86. The maximum Gasteiger partial charge on any atom is 0.243 e. The van der Waals surface area contributed by atoms with Crippen LogP contribution in [0.2, 0.25) is 10.0 Å². The Morgan fingerprint density at radius 1 is 0.968 bits per heavy atom. The van der Waals surface area contributed by atoms with E-state index in [1.165, 1.54) is 19.2 Å². The topological polar surface area (TPSA) is 75.7 Å². The Bertz CT molecular complexity index is 1150. The Hall–Kier alpha value is -2.58. The first-order valence-electron chi connectivity index (χ1n) is 9.23. The van der Waals surface area contributed by atoms with Gasteiger partial charge in [0.15, 0.2) is 0 Å². The second-order valence-corrected chi connectivity index (χ2v) is 9.31. The molecule has 6 nitrogen and oxygen atoms in total. The normalized spacial score (nSPS) is 11.4. The minimum Gasteiger partial charge on any atom is -0.497 e. The van der Waals surface area contributed by atoms with E-state index in [0.717, 1.165) is 9.87 Å². The van der Waals surface area contributed by atoms with Gasteiger partial charge in [-0.05, 0) is 42.0 Å². The Morgan fingerprint density at radius 2 is 1.65 bits per heavy atom. The van der Waals surface area contributed by atoms with E-state index in [2.05, 4.69) is 5.32 Å². The number of carbonyl (C=O) groups excluding carboxylic acids is 1. The quantitative estimate of drug-likeness (QED) is 0.502. The molecule has 0 aliphatic carbocycles. The number of anilines is 1. The van der Waals surface area contributed by atoms with Crippen molar-refractivity contribution in [2.45, 2.75) is 11.4 Å². The molecule has 3 aromatic rings. The first-order chi connectivity index (χ1) is 14.8. The summed E-state index contributed by atoms with van der Waals surface area (Å²) in [6.45, 7) is -0.391. The van der Waals surface area contributed by atoms with Crippen LogP contribution >= 0.6 is 23.2 Å². The predicted octanol–water partition coefficient (Wildman–Crippen LogP) is 4.83. The third-order valence-corrected chi connectivity index (χ3v) is 7.07. The number of halogens is 2. The summed E-state index contributed by atoms with van der Waals surface area (Å²) < 4.78 is 32.8. The van der Waals surface area contributed by atoms with Gasteiger partial charge in [0.2, 0.25) is 15.9 Å². The number of nitrogens with zero attached hydrogens (tertiary/aromatic N) is 1. The number of benzene rings is 3. The third-order valence-electron chi connectivity index (χ3n) is 4.44. The van der Waals surface area contributed by atoms with Crippen molar-refractivity contribution in [2.75, 3.05) is 19.0 Å². The molecule has 1 amide bonds. The van der Waals surface area contributed by atoms with E-state index < -0.39 is 22.5 Å². The fraction of sp³-hybridized carbons (Fsp3) is 0.136. The van der Waals surface area contributed by atoms with Gasteiger partial charge >= 0.3 is 0 Å². The molecule has 0 saturated carbocycles. The molecule has 0 heterocycles. The van der Waals surface area contributed by atoms with Crippen molar-refractivity contribution >= 4 is 44.8 Å². The van der Waals surface area contributed by atoms with Crippen LogP contribution in [-0.2, 0) is 21.4 Å². The van der Waals surface area contributed by atoms with Crippen LogP contribution in [-0.4, -0.2) is 32.3 Å². The Kier molecular flexibility index (Phi) is 7.56. The molecule has 3 aromatic carbocycles. The van der Waals surface area contributed by atoms with Gasteiger partial charge in [-0.1, -0.05) is 59.6 Å². The van der Waals surface area contributed by atoms with E-state index in [9.17, 15) is 13.2 Å². The Labute approximate surface area is 191 Å². The molecule has 162 valence electrons. The summed E-state index contributed by atoms with van der Waals surface area (Å²) in [5.41, 5.74) is 1.05. The fourth-order valence-corrected chi connectivity index (χ4v) is 4.59. The maximum atomic E-state index is 13.3. The first kappa shape index (κ1) is 23.1. The molecule has 0 bridgehead atoms. The summed E-state index contributed by atoms with van der Waals surface area (Å²) in [4.78, 5) is 12.8. The lowest BCUT2D eigenvalue weighted by Crippen LogP contribution is -2.37. The highest BCUT2D eigenvalue weighted by molar-refractivity contribution is 7.89. The SMILES string of the molecule is COc1ccc(S(=O)(=O)N(CC(=O)Nc2cccc(Cl)c2Cl)Cc2ccccc2)cc1. The zero-order valence-electron chi connectivity index (χ0n) is 16.6. The summed E-state index contributed by atoms with van der Waals surface area (Å²) in [7, 11) is -2.48. The van der Waals surface area contributed by atoms with Crippen molar-refractivity contribution in [3.63, 3.8) is 0 Å². The monoisotopic (exact) mass is 478 g/mol. The van der Waals surface area contributed by atoms with Gasteiger partial charge in [-0.2, -0.15) is 4.31 Å². The molecule has 31 heavy (non-hydrogen) atoms. The molecule has 0 spiro atoms. The molecule has 0 radical (unpaired) electrons. The summed E-state index contributed by atoms with van der Waals surface area (Å²) in [6, 6.07) is 19.8. The van der Waals surface area contributed by atoms with E-state index in [1.54, 1.807) is 54.6 Å². The van der Waals surface area contributed by atoms with Crippen molar-refractivity contribution in [3.8, 4) is 5.75 Å². The van der Waals surface area contributed by atoms with Crippen molar-refractivity contribution in [1.29, 1.82) is 0 Å². The van der Waals surface area contributed by atoms with Crippen molar-refractivity contribution in [1.82, 2.24) is 4.31 Å². The van der Waals surface area contributed by atoms with Gasteiger partial charge in [0.05, 0.1) is 34.3 Å². The first-order valence-corrected chi connectivity index (χ1v) is 11.4. The zero-order chi connectivity index (χ0) is 22.4. The highest BCUT2D eigenvalue weighted by Crippen LogP contribution is 2.29. The van der Waals surface area contributed by atoms with Gasteiger partial charge in [0.25, 0.3) is 0 Å². The summed E-state index contributed by atoms with van der Waals surface area (Å²) in [6.07, 6.45) is 0. The maximum absolute atomic E-state index is 13.3. The zero-order valence-corrected chi connectivity index (χ0v) is 18.9. The van der Waals surface area contributed by atoms with Crippen molar-refractivity contribution < 1.29 is 17.9 Å². The summed E-state index contributed by atoms with van der Waals surface area (Å²) in [5.74, 6) is -0.0147. The van der Waals surface area contributed by atoms with E-state index in [1.807, 2.05) is 6.07 Å². The van der Waals surface area contributed by atoms with Gasteiger partial charge in [-0.15, -0.1) is 0 Å². The Morgan fingerprint density at radius 3 is 2.29 bits per heavy atom. The molecular formula is C22H20Cl2N2O4S. The van der Waals surface area contributed by atoms with E-state index in [4.69, 9.17) is 27.9 Å². The van der Waals surface area contributed by atoms with Crippen molar-refractivity contribution in [2.24, 2.45) is 0 Å². The highest BCUT2D eigenvalue weighted by Gasteiger charge is 2.27. The molecule has 0 unspecified atom stereocenters. The number of sulfonamides is 1. The summed E-state index contributed by atoms with van der Waals surface area (Å²) in [5, 5.41) is 3.10. The van der Waals surface area contributed by atoms with Gasteiger partial charge in [-0.25, -0.2) is 8.42 Å². The molecule has 1 N–H and O–H groups in total. The molecule has 0 aliphatic heterocycles. The molecule has 9 heteroatoms. The summed E-state index contributed by atoms with van der Waals surface area (Å²) >= 11 is 12.1. The minimum absolute atomic E-state index is 0.0197. The molecule has 0 fully saturated rings. The smallest absolute Gasteiger partial charge is 0.243 e. The van der Waals surface area contributed by atoms with Gasteiger partial charge in [0.1, 0.15) is 5.75 Å². The minimum atomic E-state index is -3.97. The number of rotatable bonds is 8. The number of nitrogens with one attached hydrogen (secondary N) is 1. The highest BCUT2D eigenvalue weighted by atomic mass is 35.5. The number of methoxy groups -OCH3 is 1. The van der Waals surface area contributed by atoms with Crippen LogP contribution in [0.15, 0.2) is 77.7 Å². The lowest BCUT2D eigenvalue weighted by atomic mass is 10.2. The lowest BCUT2D eigenvalue weighted by Gasteiger charge is -2.22. The van der Waals surface area contributed by atoms with Gasteiger partial charge in [0, 0.05) is 6.54 Å². The number of hydrogen-bond donors (Lipinski definition) is 1. The average molecular weight is 479 g/mol. The van der Waals surface area contributed by atoms with Crippen LogP contribution < -0.4 is 10.1 Å². The second-order valence-electron chi connectivity index (χ2n) is 6.58. The van der Waals surface area contributed by atoms with E-state index in [0.29, 0.717) is 11.4 Å². The number of amides is 1. The van der Waals surface area contributed by atoms with Gasteiger partial charge < -0.3 is 10.1 Å². The van der Waals surface area contributed by atoms with Crippen LogP contribution in [0.5, 0.6) is 5.75 Å². The number of carbonyl (C=O) groups is 1. The van der Waals surface area contributed by atoms with Crippen LogP contribution in [0.4, 0.5) is 5.69 Å². The average Bonchev–Trinajstić information content (AvgIpc) is 2.77. The van der Waals surface area contributed by atoms with Crippen LogP contribution in [0.3, 0.4) is 0 Å². The molecule has 0 saturated heterocycles. The predicted molar refractivity (Wildman–Crippen MR) is 122 cm³/mol. The van der Waals surface area contributed by atoms with E-state index >= 15 is 0 Å². The molecule has 0 atom stereocenters. The van der Waals surface area contributed by atoms with E-state index in [-0.39, 0.29) is 21.5 Å². The largest absolute Gasteiger partial charge is 0.497 e. The van der Waals surface area contributed by atoms with Gasteiger partial charge in [-0.3, -0.25) is 4.79 Å². The third kappa shape index (κ3) is 5.77. The molecule has 0 aromatic heterocycles. The number of hydrogen-bond acceptors (Lipinski definition) is 4. The number of ether oxygens (including phenoxy) is 1. The standard InChI is InChI=1S/C22H20Cl2N2O4S/c1-30-17-10-12-18(13-11-17)31(28,29)26(14-16-6-3-2-4-7-16)15-21(27)25-20-9-5-8-19(23)22(20)24/h2-13H,14-15H2,1H3,(H,25,27). The van der Waals surface area contributed by atoms with Crippen LogP contribution in [0.1, 0.15) is 5.56 Å². The van der Waals surface area contributed by atoms with Crippen LogP contribution in [0.25, 0.3) is 0 Å².